The van der Waals surface area contributed by atoms with Gasteiger partial charge in [0.05, 0.1) is 0 Å². The zero-order chi connectivity index (χ0) is 10.6. The van der Waals surface area contributed by atoms with E-state index in [0.717, 1.165) is 32.7 Å². The predicted molar refractivity (Wildman–Crippen MR) is 57.0 cm³/mol. The molecule has 1 rings (SSSR count). The van der Waals surface area contributed by atoms with Crippen LogP contribution in [0.5, 0.6) is 0 Å². The number of primary amides is 1. The Balaban J connectivity index is 2.19. The van der Waals surface area contributed by atoms with E-state index in [0.29, 0.717) is 12.5 Å². The van der Waals surface area contributed by atoms with Crippen LogP contribution in [0.4, 0.5) is 0 Å². The van der Waals surface area contributed by atoms with E-state index in [4.69, 9.17) is 5.73 Å². The lowest BCUT2D eigenvalue weighted by molar-refractivity contribution is -0.118. The minimum Gasteiger partial charge on any atom is -0.370 e. The molecule has 1 saturated heterocycles. The van der Waals surface area contributed by atoms with Crippen molar-refractivity contribution in [3.63, 3.8) is 0 Å². The van der Waals surface area contributed by atoms with Gasteiger partial charge >= 0.3 is 0 Å². The van der Waals surface area contributed by atoms with E-state index in [-0.39, 0.29) is 5.91 Å². The Kier molecular flexibility index (Phi) is 4.35. The molecule has 0 aromatic rings. The van der Waals surface area contributed by atoms with Crippen molar-refractivity contribution in [2.45, 2.75) is 26.3 Å². The van der Waals surface area contributed by atoms with Gasteiger partial charge in [0.25, 0.3) is 0 Å². The molecule has 4 nitrogen and oxygen atoms in total. The van der Waals surface area contributed by atoms with E-state index >= 15 is 0 Å². The van der Waals surface area contributed by atoms with Crippen molar-refractivity contribution in [2.24, 2.45) is 5.73 Å². The topological polar surface area (TPSA) is 49.6 Å². The largest absolute Gasteiger partial charge is 0.370 e. The van der Waals surface area contributed by atoms with Gasteiger partial charge in [0.2, 0.25) is 5.91 Å². The highest BCUT2D eigenvalue weighted by atomic mass is 16.1. The molecule has 0 bridgehead atoms. The molecule has 0 unspecified atom stereocenters. The van der Waals surface area contributed by atoms with Crippen molar-refractivity contribution in [3.8, 4) is 0 Å². The van der Waals surface area contributed by atoms with Crippen LogP contribution in [0.1, 0.15) is 20.3 Å². The van der Waals surface area contributed by atoms with E-state index in [1.807, 2.05) is 0 Å². The lowest BCUT2D eigenvalue weighted by Gasteiger charge is -2.36. The maximum atomic E-state index is 10.6. The summed E-state index contributed by atoms with van der Waals surface area (Å²) in [4.78, 5) is 15.4. The van der Waals surface area contributed by atoms with Gasteiger partial charge in [-0.2, -0.15) is 0 Å². The molecule has 1 heterocycles. The van der Waals surface area contributed by atoms with Crippen LogP contribution >= 0.6 is 0 Å². The summed E-state index contributed by atoms with van der Waals surface area (Å²) in [6, 6.07) is 0.633. The molecule has 0 spiro atoms. The second-order valence-corrected chi connectivity index (χ2v) is 4.19. The van der Waals surface area contributed by atoms with Crippen LogP contribution in [-0.4, -0.2) is 54.5 Å². The first kappa shape index (κ1) is 11.5. The molecule has 1 amide bonds. The quantitative estimate of drug-likeness (QED) is 0.687. The zero-order valence-corrected chi connectivity index (χ0v) is 9.20. The number of nitrogens with zero attached hydrogens (tertiary/aromatic N) is 2. The first-order valence-corrected chi connectivity index (χ1v) is 5.34. The van der Waals surface area contributed by atoms with Gasteiger partial charge in [0.1, 0.15) is 0 Å². The van der Waals surface area contributed by atoms with Crippen molar-refractivity contribution in [3.05, 3.63) is 0 Å². The Hall–Kier alpha value is -0.610. The molecule has 0 aromatic heterocycles. The van der Waals surface area contributed by atoms with E-state index in [1.54, 1.807) is 0 Å². The standard InChI is InChI=1S/C10H21N3O/c1-9(2)13-7-5-12(6-8-13)4-3-10(11)14/h9H,3-8H2,1-2H3,(H2,11,14). The fourth-order valence-electron chi connectivity index (χ4n) is 1.77. The summed E-state index contributed by atoms with van der Waals surface area (Å²) >= 11 is 0. The molecule has 1 fully saturated rings. The zero-order valence-electron chi connectivity index (χ0n) is 9.20. The summed E-state index contributed by atoms with van der Waals surface area (Å²) in [6.07, 6.45) is 0.488. The van der Waals surface area contributed by atoms with Crippen LogP contribution < -0.4 is 5.73 Å². The van der Waals surface area contributed by atoms with Gasteiger partial charge in [-0.25, -0.2) is 0 Å². The molecule has 1 aliphatic heterocycles. The number of amides is 1. The molecular formula is C10H21N3O. The van der Waals surface area contributed by atoms with E-state index in [9.17, 15) is 4.79 Å². The maximum Gasteiger partial charge on any atom is 0.218 e. The molecule has 14 heavy (non-hydrogen) atoms. The number of nitrogens with two attached hydrogens (primary N) is 1. The number of carbonyl (C=O) groups is 1. The number of rotatable bonds is 4. The number of hydrogen-bond donors (Lipinski definition) is 1. The molecule has 0 radical (unpaired) electrons. The average molecular weight is 199 g/mol. The van der Waals surface area contributed by atoms with Crippen LogP contribution in [0.15, 0.2) is 0 Å². The number of hydrogen-bond acceptors (Lipinski definition) is 3. The molecule has 1 aliphatic rings. The SMILES string of the molecule is CC(C)N1CCN(CCC(N)=O)CC1. The van der Waals surface area contributed by atoms with Crippen LogP contribution in [0, 0.1) is 0 Å². The molecule has 0 saturated carbocycles. The fourth-order valence-corrected chi connectivity index (χ4v) is 1.77. The van der Waals surface area contributed by atoms with Crippen LogP contribution in [0.25, 0.3) is 0 Å². The summed E-state index contributed by atoms with van der Waals surface area (Å²) in [5, 5.41) is 0. The van der Waals surface area contributed by atoms with Gasteiger partial charge in [0, 0.05) is 45.2 Å². The van der Waals surface area contributed by atoms with E-state index in [1.165, 1.54) is 0 Å². The molecule has 0 atom stereocenters. The third-order valence-electron chi connectivity index (χ3n) is 2.81. The second kappa shape index (κ2) is 5.32. The first-order valence-electron chi connectivity index (χ1n) is 5.34. The maximum absolute atomic E-state index is 10.6. The Morgan fingerprint density at radius 1 is 1.29 bits per heavy atom. The van der Waals surface area contributed by atoms with Crippen LogP contribution in [0.2, 0.25) is 0 Å². The Bertz CT molecular complexity index is 186. The molecule has 82 valence electrons. The van der Waals surface area contributed by atoms with Crippen molar-refractivity contribution in [1.82, 2.24) is 9.80 Å². The number of carbonyl (C=O) groups excluding carboxylic acids is 1. The summed E-state index contributed by atoms with van der Waals surface area (Å²) in [5.41, 5.74) is 5.11. The lowest BCUT2D eigenvalue weighted by atomic mass is 10.2. The third-order valence-corrected chi connectivity index (χ3v) is 2.81. The second-order valence-electron chi connectivity index (χ2n) is 4.19. The number of piperazine rings is 1. The molecule has 0 aromatic carbocycles. The summed E-state index contributed by atoms with van der Waals surface area (Å²) in [7, 11) is 0. The van der Waals surface area contributed by atoms with E-state index in [2.05, 4.69) is 23.6 Å². The van der Waals surface area contributed by atoms with Crippen LogP contribution in [0.3, 0.4) is 0 Å². The fraction of sp³-hybridized carbons (Fsp3) is 0.900. The van der Waals surface area contributed by atoms with Crippen molar-refractivity contribution >= 4 is 5.91 Å². The van der Waals surface area contributed by atoms with Crippen LogP contribution in [-0.2, 0) is 4.79 Å². The van der Waals surface area contributed by atoms with Gasteiger partial charge < -0.3 is 10.6 Å². The third kappa shape index (κ3) is 3.64. The first-order chi connectivity index (χ1) is 6.59. The van der Waals surface area contributed by atoms with Gasteiger partial charge in [-0.1, -0.05) is 0 Å². The van der Waals surface area contributed by atoms with Gasteiger partial charge in [-0.05, 0) is 13.8 Å². The smallest absolute Gasteiger partial charge is 0.218 e. The van der Waals surface area contributed by atoms with Crippen molar-refractivity contribution in [1.29, 1.82) is 0 Å². The van der Waals surface area contributed by atoms with E-state index < -0.39 is 0 Å². The van der Waals surface area contributed by atoms with Crippen molar-refractivity contribution in [2.75, 3.05) is 32.7 Å². The lowest BCUT2D eigenvalue weighted by Crippen LogP contribution is -2.49. The van der Waals surface area contributed by atoms with Gasteiger partial charge in [-0.3, -0.25) is 9.69 Å². The normalized spacial score (nSPS) is 20.2. The van der Waals surface area contributed by atoms with Gasteiger partial charge in [0.15, 0.2) is 0 Å². The Morgan fingerprint density at radius 2 is 1.86 bits per heavy atom. The highest BCUT2D eigenvalue weighted by Crippen LogP contribution is 2.05. The Labute approximate surface area is 86.0 Å². The molecule has 0 aliphatic carbocycles. The summed E-state index contributed by atoms with van der Waals surface area (Å²) in [6.45, 7) is 9.60. The highest BCUT2D eigenvalue weighted by Gasteiger charge is 2.18. The molecular weight excluding hydrogens is 178 g/mol. The molecule has 4 heteroatoms. The minimum absolute atomic E-state index is 0.198. The summed E-state index contributed by atoms with van der Waals surface area (Å²) < 4.78 is 0. The average Bonchev–Trinajstić information content (AvgIpc) is 2.15. The summed E-state index contributed by atoms with van der Waals surface area (Å²) in [5.74, 6) is -0.198. The predicted octanol–water partition coefficient (Wildman–Crippen LogP) is -0.112. The monoisotopic (exact) mass is 199 g/mol. The Morgan fingerprint density at radius 3 is 2.29 bits per heavy atom. The van der Waals surface area contributed by atoms with Gasteiger partial charge in [-0.15, -0.1) is 0 Å². The van der Waals surface area contributed by atoms with Crippen molar-refractivity contribution < 1.29 is 4.79 Å². The minimum atomic E-state index is -0.198. The molecule has 2 N–H and O–H groups in total. The highest BCUT2D eigenvalue weighted by molar-refractivity contribution is 5.73.